The Balaban J connectivity index is 1.74. The molecule has 26 heavy (non-hydrogen) atoms. The van der Waals surface area contributed by atoms with Crippen LogP contribution in [0.1, 0.15) is 47.0 Å². The summed E-state index contributed by atoms with van der Waals surface area (Å²) in [7, 11) is 1.42. The van der Waals surface area contributed by atoms with E-state index in [0.717, 1.165) is 21.9 Å². The summed E-state index contributed by atoms with van der Waals surface area (Å²) in [5, 5.41) is 10.2. The van der Waals surface area contributed by atoms with Gasteiger partial charge in [-0.1, -0.05) is 28.9 Å². The minimum atomic E-state index is -2.74. The molecule has 7 nitrogen and oxygen atoms in total. The fraction of sp³-hybridized carbons (Fsp3) is 0.294. The van der Waals surface area contributed by atoms with Crippen LogP contribution in [0.25, 0.3) is 11.4 Å². The molecule has 2 heterocycles. The van der Waals surface area contributed by atoms with Crippen LogP contribution < -0.4 is 5.32 Å². The Bertz CT molecular complexity index is 935. The molecule has 1 aromatic carbocycles. The van der Waals surface area contributed by atoms with Crippen LogP contribution in [0, 0.1) is 6.92 Å². The Morgan fingerprint density at radius 3 is 2.73 bits per heavy atom. The molecule has 0 bridgehead atoms. The van der Waals surface area contributed by atoms with E-state index < -0.39 is 24.1 Å². The molecule has 0 fully saturated rings. The molecule has 9 heteroatoms. The third kappa shape index (κ3) is 3.61. The summed E-state index contributed by atoms with van der Waals surface area (Å²) in [6.07, 6.45) is -2.74. The number of aromatic nitrogens is 4. The molecule has 136 valence electrons. The highest BCUT2D eigenvalue weighted by Gasteiger charge is 2.22. The monoisotopic (exact) mass is 361 g/mol. The van der Waals surface area contributed by atoms with Crippen molar-refractivity contribution in [3.05, 3.63) is 53.2 Å². The third-order valence-corrected chi connectivity index (χ3v) is 3.79. The standard InChI is InChI=1S/C17H17F2N5O2/c1-9-5-4-6-11(7-9)15-21-17(26-23-15)10(2)20-16(25)13-8-12(14(18)19)22-24(13)3/h4-8,10,14H,1-3H3,(H,20,25)/t10-/m1/s1. The lowest BCUT2D eigenvalue weighted by Gasteiger charge is -2.09. The number of halogens is 2. The van der Waals surface area contributed by atoms with Crippen LogP contribution in [0.2, 0.25) is 0 Å². The highest BCUT2D eigenvalue weighted by molar-refractivity contribution is 5.92. The van der Waals surface area contributed by atoms with E-state index in [1.54, 1.807) is 6.92 Å². The number of carbonyl (C=O) groups is 1. The van der Waals surface area contributed by atoms with Crippen molar-refractivity contribution in [3.8, 4) is 11.4 Å². The van der Waals surface area contributed by atoms with Crippen LogP contribution in [0.3, 0.4) is 0 Å². The minimum Gasteiger partial charge on any atom is -0.339 e. The van der Waals surface area contributed by atoms with Crippen LogP contribution >= 0.6 is 0 Å². The molecule has 3 rings (SSSR count). The number of alkyl halides is 2. The number of amides is 1. The van der Waals surface area contributed by atoms with Gasteiger partial charge in [0.15, 0.2) is 0 Å². The van der Waals surface area contributed by atoms with E-state index in [9.17, 15) is 13.6 Å². The minimum absolute atomic E-state index is 0.0190. The van der Waals surface area contributed by atoms with Crippen LogP contribution in [0.15, 0.2) is 34.9 Å². The van der Waals surface area contributed by atoms with Crippen LogP contribution in [0.4, 0.5) is 8.78 Å². The number of hydrogen-bond donors (Lipinski definition) is 1. The average molecular weight is 361 g/mol. The molecule has 1 amide bonds. The number of aryl methyl sites for hydroxylation is 2. The quantitative estimate of drug-likeness (QED) is 0.754. The largest absolute Gasteiger partial charge is 0.339 e. The number of nitrogens with zero attached hydrogens (tertiary/aromatic N) is 4. The molecule has 0 spiro atoms. The van der Waals surface area contributed by atoms with E-state index in [4.69, 9.17) is 4.52 Å². The summed E-state index contributed by atoms with van der Waals surface area (Å²) in [4.78, 5) is 16.6. The van der Waals surface area contributed by atoms with Gasteiger partial charge >= 0.3 is 0 Å². The first-order valence-corrected chi connectivity index (χ1v) is 7.88. The lowest BCUT2D eigenvalue weighted by Crippen LogP contribution is -2.28. The number of carbonyl (C=O) groups excluding carboxylic acids is 1. The van der Waals surface area contributed by atoms with Crippen molar-refractivity contribution in [1.82, 2.24) is 25.2 Å². The second kappa shape index (κ2) is 7.03. The molecule has 0 unspecified atom stereocenters. The van der Waals surface area contributed by atoms with Crippen LogP contribution in [-0.4, -0.2) is 25.8 Å². The molecule has 0 aliphatic rings. The molecule has 0 saturated heterocycles. The Kier molecular flexibility index (Phi) is 4.79. The van der Waals surface area contributed by atoms with Crippen molar-refractivity contribution < 1.29 is 18.1 Å². The maximum atomic E-state index is 12.7. The number of benzene rings is 1. The van der Waals surface area contributed by atoms with Gasteiger partial charge in [0.1, 0.15) is 17.4 Å². The SMILES string of the molecule is Cc1cccc(-c2noc([C@@H](C)NC(=O)c3cc(C(F)F)nn3C)n2)c1. The van der Waals surface area contributed by atoms with E-state index >= 15 is 0 Å². The number of rotatable bonds is 5. The Hall–Kier alpha value is -3.10. The van der Waals surface area contributed by atoms with Crippen LogP contribution in [-0.2, 0) is 7.05 Å². The van der Waals surface area contributed by atoms with Crippen molar-refractivity contribution >= 4 is 5.91 Å². The highest BCUT2D eigenvalue weighted by Crippen LogP contribution is 2.21. The van der Waals surface area contributed by atoms with E-state index in [0.29, 0.717) is 5.82 Å². The van der Waals surface area contributed by atoms with Crippen molar-refractivity contribution in [2.24, 2.45) is 7.05 Å². The van der Waals surface area contributed by atoms with Crippen molar-refractivity contribution in [2.75, 3.05) is 0 Å². The molecular weight excluding hydrogens is 344 g/mol. The van der Waals surface area contributed by atoms with Gasteiger partial charge < -0.3 is 9.84 Å². The van der Waals surface area contributed by atoms with Crippen LogP contribution in [0.5, 0.6) is 0 Å². The molecule has 0 aliphatic carbocycles. The van der Waals surface area contributed by atoms with Gasteiger partial charge in [-0.25, -0.2) is 8.78 Å². The zero-order chi connectivity index (χ0) is 18.8. The molecule has 1 N–H and O–H groups in total. The van der Waals surface area contributed by atoms with Gasteiger partial charge in [-0.2, -0.15) is 10.1 Å². The zero-order valence-electron chi connectivity index (χ0n) is 14.4. The predicted molar refractivity (Wildman–Crippen MR) is 88.5 cm³/mol. The van der Waals surface area contributed by atoms with Gasteiger partial charge in [0.05, 0.1) is 0 Å². The van der Waals surface area contributed by atoms with E-state index in [1.165, 1.54) is 7.05 Å². The first-order chi connectivity index (χ1) is 12.3. The molecule has 0 radical (unpaired) electrons. The zero-order valence-corrected chi connectivity index (χ0v) is 14.4. The van der Waals surface area contributed by atoms with Gasteiger partial charge in [-0.05, 0) is 26.0 Å². The smallest absolute Gasteiger partial charge is 0.282 e. The fourth-order valence-corrected chi connectivity index (χ4v) is 2.45. The Morgan fingerprint density at radius 1 is 1.31 bits per heavy atom. The molecule has 0 aliphatic heterocycles. The Labute approximate surface area is 148 Å². The first kappa shape index (κ1) is 17.7. The van der Waals surface area contributed by atoms with E-state index in [-0.39, 0.29) is 11.6 Å². The lowest BCUT2D eigenvalue weighted by atomic mass is 10.1. The Morgan fingerprint density at radius 2 is 2.08 bits per heavy atom. The van der Waals surface area contributed by atoms with Gasteiger partial charge in [-0.3, -0.25) is 9.48 Å². The maximum absolute atomic E-state index is 12.7. The maximum Gasteiger partial charge on any atom is 0.282 e. The lowest BCUT2D eigenvalue weighted by molar-refractivity contribution is 0.0923. The van der Waals surface area contributed by atoms with Gasteiger partial charge in [0.2, 0.25) is 11.7 Å². The highest BCUT2D eigenvalue weighted by atomic mass is 19.3. The second-order valence-corrected chi connectivity index (χ2v) is 5.90. The summed E-state index contributed by atoms with van der Waals surface area (Å²) in [6.45, 7) is 3.62. The van der Waals surface area contributed by atoms with Gasteiger partial charge in [-0.15, -0.1) is 0 Å². The summed E-state index contributed by atoms with van der Waals surface area (Å²) in [5.41, 5.74) is 1.42. The second-order valence-electron chi connectivity index (χ2n) is 5.90. The molecule has 3 aromatic rings. The van der Waals surface area contributed by atoms with E-state index in [1.807, 2.05) is 31.2 Å². The summed E-state index contributed by atoms with van der Waals surface area (Å²) >= 11 is 0. The van der Waals surface area contributed by atoms with Crippen molar-refractivity contribution in [3.63, 3.8) is 0 Å². The van der Waals surface area contributed by atoms with Gasteiger partial charge in [0.25, 0.3) is 12.3 Å². The van der Waals surface area contributed by atoms with E-state index in [2.05, 4.69) is 20.6 Å². The first-order valence-electron chi connectivity index (χ1n) is 7.88. The molecule has 2 aromatic heterocycles. The fourth-order valence-electron chi connectivity index (χ4n) is 2.45. The number of hydrogen-bond acceptors (Lipinski definition) is 5. The summed E-state index contributed by atoms with van der Waals surface area (Å²) < 4.78 is 31.7. The van der Waals surface area contributed by atoms with Crippen molar-refractivity contribution in [2.45, 2.75) is 26.3 Å². The predicted octanol–water partition coefficient (Wildman–Crippen LogP) is 3.21. The normalized spacial score (nSPS) is 12.4. The third-order valence-electron chi connectivity index (χ3n) is 3.79. The number of nitrogens with one attached hydrogen (secondary N) is 1. The average Bonchev–Trinajstić information content (AvgIpc) is 3.21. The molecule has 0 saturated carbocycles. The van der Waals surface area contributed by atoms with Gasteiger partial charge in [0, 0.05) is 12.6 Å². The molecular formula is C17H17F2N5O2. The summed E-state index contributed by atoms with van der Waals surface area (Å²) in [5.74, 6) is 0.0612. The topological polar surface area (TPSA) is 85.8 Å². The summed E-state index contributed by atoms with van der Waals surface area (Å²) in [6, 6.07) is 8.06. The molecule has 1 atom stereocenters. The van der Waals surface area contributed by atoms with Crippen molar-refractivity contribution in [1.29, 1.82) is 0 Å².